The highest BCUT2D eigenvalue weighted by Crippen LogP contribution is 2.26. The van der Waals surface area contributed by atoms with Gasteiger partial charge in [0.05, 0.1) is 13.7 Å². The molecule has 0 amide bonds. The Kier molecular flexibility index (Phi) is 5.25. The number of phenols is 1. The van der Waals surface area contributed by atoms with E-state index in [1.807, 2.05) is 19.2 Å². The summed E-state index contributed by atoms with van der Waals surface area (Å²) < 4.78 is 10.2. The maximum Gasteiger partial charge on any atom is 0.160 e. The summed E-state index contributed by atoms with van der Waals surface area (Å²) in [5, 5.41) is 9.50. The van der Waals surface area contributed by atoms with Gasteiger partial charge in [-0.05, 0) is 31.7 Å². The standard InChI is InChI=1S/C13H21NO3/c1-10(9-16-3)14(2)8-11-5-6-12(15)13(7-11)17-4/h5-7,10,15H,8-9H2,1-4H3. The van der Waals surface area contributed by atoms with Gasteiger partial charge < -0.3 is 14.6 Å². The number of methoxy groups -OCH3 is 2. The van der Waals surface area contributed by atoms with Crippen LogP contribution in [0, 0.1) is 0 Å². The second-order valence-electron chi connectivity index (χ2n) is 4.23. The van der Waals surface area contributed by atoms with Crippen LogP contribution in [0.2, 0.25) is 0 Å². The Bertz CT molecular complexity index is 355. The molecule has 0 radical (unpaired) electrons. The van der Waals surface area contributed by atoms with E-state index in [1.165, 1.54) is 0 Å². The Morgan fingerprint density at radius 2 is 2.06 bits per heavy atom. The Labute approximate surface area is 103 Å². The quantitative estimate of drug-likeness (QED) is 0.823. The third kappa shape index (κ3) is 3.91. The van der Waals surface area contributed by atoms with E-state index < -0.39 is 0 Å². The molecule has 96 valence electrons. The lowest BCUT2D eigenvalue weighted by Gasteiger charge is -2.24. The summed E-state index contributed by atoms with van der Waals surface area (Å²) in [7, 11) is 5.30. The molecule has 0 aliphatic carbocycles. The molecule has 0 fully saturated rings. The highest BCUT2D eigenvalue weighted by molar-refractivity contribution is 5.41. The summed E-state index contributed by atoms with van der Waals surface area (Å²) in [6, 6.07) is 5.75. The van der Waals surface area contributed by atoms with Crippen molar-refractivity contribution in [1.82, 2.24) is 4.90 Å². The lowest BCUT2D eigenvalue weighted by molar-refractivity contribution is 0.112. The van der Waals surface area contributed by atoms with Crippen LogP contribution in [0.25, 0.3) is 0 Å². The van der Waals surface area contributed by atoms with Gasteiger partial charge in [-0.25, -0.2) is 0 Å². The van der Waals surface area contributed by atoms with Crippen molar-refractivity contribution in [3.63, 3.8) is 0 Å². The summed E-state index contributed by atoms with van der Waals surface area (Å²) >= 11 is 0. The first-order valence-corrected chi connectivity index (χ1v) is 5.63. The number of phenolic OH excluding ortho intramolecular Hbond substituents is 1. The normalized spacial score (nSPS) is 12.8. The summed E-state index contributed by atoms with van der Waals surface area (Å²) in [4.78, 5) is 2.19. The fraction of sp³-hybridized carbons (Fsp3) is 0.538. The van der Waals surface area contributed by atoms with Gasteiger partial charge in [0.25, 0.3) is 0 Å². The van der Waals surface area contributed by atoms with Crippen molar-refractivity contribution in [3.05, 3.63) is 23.8 Å². The first kappa shape index (κ1) is 13.8. The molecule has 0 aliphatic rings. The van der Waals surface area contributed by atoms with E-state index in [2.05, 4.69) is 11.8 Å². The minimum absolute atomic E-state index is 0.170. The van der Waals surface area contributed by atoms with E-state index in [0.29, 0.717) is 18.4 Å². The maximum absolute atomic E-state index is 9.50. The largest absolute Gasteiger partial charge is 0.504 e. The molecular weight excluding hydrogens is 218 g/mol. The average molecular weight is 239 g/mol. The van der Waals surface area contributed by atoms with Gasteiger partial charge in [0.1, 0.15) is 0 Å². The van der Waals surface area contributed by atoms with Crippen molar-refractivity contribution < 1.29 is 14.6 Å². The van der Waals surface area contributed by atoms with Gasteiger partial charge in [-0.3, -0.25) is 4.90 Å². The zero-order chi connectivity index (χ0) is 12.8. The molecule has 0 aliphatic heterocycles. The minimum Gasteiger partial charge on any atom is -0.504 e. The molecule has 1 atom stereocenters. The van der Waals surface area contributed by atoms with Gasteiger partial charge in [-0.1, -0.05) is 6.07 Å². The Morgan fingerprint density at radius 1 is 1.35 bits per heavy atom. The van der Waals surface area contributed by atoms with Crippen LogP contribution < -0.4 is 4.74 Å². The fourth-order valence-electron chi connectivity index (χ4n) is 1.63. The lowest BCUT2D eigenvalue weighted by Crippen LogP contribution is -2.32. The van der Waals surface area contributed by atoms with Crippen molar-refractivity contribution in [1.29, 1.82) is 0 Å². The van der Waals surface area contributed by atoms with Gasteiger partial charge in [0, 0.05) is 19.7 Å². The molecule has 0 bridgehead atoms. The highest BCUT2D eigenvalue weighted by Gasteiger charge is 2.10. The minimum atomic E-state index is 0.170. The van der Waals surface area contributed by atoms with Gasteiger partial charge in [0.2, 0.25) is 0 Å². The molecule has 0 heterocycles. The lowest BCUT2D eigenvalue weighted by atomic mass is 10.1. The molecule has 4 heteroatoms. The molecule has 1 aromatic rings. The van der Waals surface area contributed by atoms with Gasteiger partial charge in [0.15, 0.2) is 11.5 Å². The third-order valence-corrected chi connectivity index (χ3v) is 2.84. The summed E-state index contributed by atoms with van der Waals surface area (Å²) in [6.07, 6.45) is 0. The van der Waals surface area contributed by atoms with Crippen molar-refractivity contribution >= 4 is 0 Å². The van der Waals surface area contributed by atoms with E-state index in [1.54, 1.807) is 20.3 Å². The maximum atomic E-state index is 9.50. The highest BCUT2D eigenvalue weighted by atomic mass is 16.5. The van der Waals surface area contributed by atoms with Gasteiger partial charge in [-0.2, -0.15) is 0 Å². The number of rotatable bonds is 6. The number of aromatic hydroxyl groups is 1. The fourth-order valence-corrected chi connectivity index (χ4v) is 1.63. The molecule has 0 saturated heterocycles. The molecule has 0 aromatic heterocycles. The second-order valence-corrected chi connectivity index (χ2v) is 4.23. The number of likely N-dealkylation sites (N-methyl/N-ethyl adjacent to an activating group) is 1. The van der Waals surface area contributed by atoms with Crippen LogP contribution in [0.3, 0.4) is 0 Å². The first-order valence-electron chi connectivity index (χ1n) is 5.63. The van der Waals surface area contributed by atoms with E-state index in [-0.39, 0.29) is 5.75 Å². The zero-order valence-electron chi connectivity index (χ0n) is 10.9. The first-order chi connectivity index (χ1) is 8.08. The van der Waals surface area contributed by atoms with E-state index in [9.17, 15) is 5.11 Å². The van der Waals surface area contributed by atoms with E-state index in [4.69, 9.17) is 9.47 Å². The molecule has 0 saturated carbocycles. The summed E-state index contributed by atoms with van der Waals surface area (Å²) in [6.45, 7) is 3.61. The van der Waals surface area contributed by atoms with Crippen LogP contribution in [0.1, 0.15) is 12.5 Å². The molecule has 1 rings (SSSR count). The zero-order valence-corrected chi connectivity index (χ0v) is 10.9. The predicted molar refractivity (Wildman–Crippen MR) is 67.5 cm³/mol. The molecule has 4 nitrogen and oxygen atoms in total. The Morgan fingerprint density at radius 3 is 2.65 bits per heavy atom. The number of hydrogen-bond donors (Lipinski definition) is 1. The second kappa shape index (κ2) is 6.47. The number of benzene rings is 1. The van der Waals surface area contributed by atoms with Crippen LogP contribution in [-0.2, 0) is 11.3 Å². The van der Waals surface area contributed by atoms with Crippen molar-refractivity contribution in [2.24, 2.45) is 0 Å². The monoisotopic (exact) mass is 239 g/mol. The number of hydrogen-bond acceptors (Lipinski definition) is 4. The third-order valence-electron chi connectivity index (χ3n) is 2.84. The van der Waals surface area contributed by atoms with Crippen LogP contribution in [0.15, 0.2) is 18.2 Å². The molecule has 1 aromatic carbocycles. The van der Waals surface area contributed by atoms with Gasteiger partial charge in [-0.15, -0.1) is 0 Å². The SMILES string of the molecule is COCC(C)N(C)Cc1ccc(O)c(OC)c1. The van der Waals surface area contributed by atoms with Crippen LogP contribution in [-0.4, -0.2) is 43.9 Å². The van der Waals surface area contributed by atoms with E-state index in [0.717, 1.165) is 12.1 Å². The van der Waals surface area contributed by atoms with Crippen LogP contribution in [0.4, 0.5) is 0 Å². The van der Waals surface area contributed by atoms with Crippen molar-refractivity contribution in [2.75, 3.05) is 27.9 Å². The summed E-state index contributed by atoms with van der Waals surface area (Å²) in [5.74, 6) is 0.680. The predicted octanol–water partition coefficient (Wildman–Crippen LogP) is 1.87. The van der Waals surface area contributed by atoms with Crippen LogP contribution in [0.5, 0.6) is 11.5 Å². The van der Waals surface area contributed by atoms with Crippen LogP contribution >= 0.6 is 0 Å². The number of ether oxygens (including phenoxy) is 2. The Hall–Kier alpha value is -1.26. The van der Waals surface area contributed by atoms with Gasteiger partial charge >= 0.3 is 0 Å². The molecular formula is C13H21NO3. The molecule has 17 heavy (non-hydrogen) atoms. The smallest absolute Gasteiger partial charge is 0.160 e. The Balaban J connectivity index is 2.68. The average Bonchev–Trinajstić information content (AvgIpc) is 2.31. The van der Waals surface area contributed by atoms with E-state index >= 15 is 0 Å². The van der Waals surface area contributed by atoms with Crippen molar-refractivity contribution in [2.45, 2.75) is 19.5 Å². The number of nitrogens with zero attached hydrogens (tertiary/aromatic N) is 1. The summed E-state index contributed by atoms with van der Waals surface area (Å²) in [5.41, 5.74) is 1.10. The molecule has 0 spiro atoms. The van der Waals surface area contributed by atoms with Crippen molar-refractivity contribution in [3.8, 4) is 11.5 Å². The topological polar surface area (TPSA) is 41.9 Å². The molecule has 1 N–H and O–H groups in total. The molecule has 1 unspecified atom stereocenters.